The number of carbonyl (C=O) groups is 1. The lowest BCUT2D eigenvalue weighted by Crippen LogP contribution is -2.46. The molecule has 0 radical (unpaired) electrons. The van der Waals surface area contributed by atoms with E-state index in [1.807, 2.05) is 41.2 Å². The van der Waals surface area contributed by atoms with Crippen LogP contribution in [-0.2, 0) is 0 Å². The Balaban J connectivity index is 1.37. The number of anilines is 3. The fourth-order valence-electron chi connectivity index (χ4n) is 3.79. The number of nitrogens with one attached hydrogen (secondary N) is 2. The van der Waals surface area contributed by atoms with E-state index in [0.717, 1.165) is 28.9 Å². The zero-order valence-corrected chi connectivity index (χ0v) is 18.0. The molecule has 0 saturated carbocycles. The molecule has 0 spiro atoms. The van der Waals surface area contributed by atoms with Crippen molar-refractivity contribution in [3.63, 3.8) is 0 Å². The van der Waals surface area contributed by atoms with Gasteiger partial charge in [0.25, 0.3) is 0 Å². The Morgan fingerprint density at radius 3 is 2.81 bits per heavy atom. The third-order valence-corrected chi connectivity index (χ3v) is 5.50. The van der Waals surface area contributed by atoms with Crippen LogP contribution in [0.5, 0.6) is 0 Å². The van der Waals surface area contributed by atoms with E-state index < -0.39 is 0 Å². The molecule has 1 aliphatic heterocycles. The minimum Gasteiger partial charge on any atom is -0.338 e. The van der Waals surface area contributed by atoms with Crippen molar-refractivity contribution >= 4 is 29.0 Å². The predicted octanol–water partition coefficient (Wildman–Crippen LogP) is 3.97. The van der Waals surface area contributed by atoms with Crippen LogP contribution in [0.3, 0.4) is 0 Å². The summed E-state index contributed by atoms with van der Waals surface area (Å²) in [5.74, 6) is 1.45. The highest BCUT2D eigenvalue weighted by atomic mass is 16.2. The smallest absolute Gasteiger partial charge is 0.321 e. The topological polar surface area (TPSA) is 100 Å². The summed E-state index contributed by atoms with van der Waals surface area (Å²) < 4.78 is 1.88. The van der Waals surface area contributed by atoms with Gasteiger partial charge < -0.3 is 10.6 Å². The number of amides is 2. The summed E-state index contributed by atoms with van der Waals surface area (Å²) in [6.45, 7) is 5.72. The van der Waals surface area contributed by atoms with Gasteiger partial charge >= 0.3 is 6.03 Å². The minimum absolute atomic E-state index is 0.0921. The molecule has 0 aliphatic carbocycles. The van der Waals surface area contributed by atoms with Gasteiger partial charge in [-0.25, -0.2) is 24.3 Å². The lowest BCUT2D eigenvalue weighted by Gasteiger charge is -2.27. The van der Waals surface area contributed by atoms with Gasteiger partial charge in [0.1, 0.15) is 5.82 Å². The van der Waals surface area contributed by atoms with Crippen LogP contribution in [0.1, 0.15) is 31.7 Å². The van der Waals surface area contributed by atoms with Gasteiger partial charge in [-0.2, -0.15) is 5.10 Å². The normalized spacial score (nSPS) is 14.1. The number of rotatable bonds is 5. The van der Waals surface area contributed by atoms with Crippen molar-refractivity contribution in [1.29, 1.82) is 0 Å². The van der Waals surface area contributed by atoms with Gasteiger partial charge in [0, 0.05) is 36.6 Å². The molecule has 9 nitrogen and oxygen atoms in total. The van der Waals surface area contributed by atoms with Gasteiger partial charge in [-0.15, -0.1) is 0 Å². The van der Waals surface area contributed by atoms with Crippen LogP contribution in [0.15, 0.2) is 55.1 Å². The average Bonchev–Trinajstić information content (AvgIpc) is 3.24. The van der Waals surface area contributed by atoms with E-state index in [4.69, 9.17) is 0 Å². The summed E-state index contributed by atoms with van der Waals surface area (Å²) in [7, 11) is 0. The maximum atomic E-state index is 12.0. The van der Waals surface area contributed by atoms with Crippen molar-refractivity contribution in [2.75, 3.05) is 23.3 Å². The standard InChI is InChI=1S/C23H24N8O/c1-15(2)18-14-27-31-11-7-16(12-20(18)31)19-6-9-24-22(28-19)29-21-5-4-17(13-26-21)30-10-3-8-25-23(30)32/h4-7,9,11-15H,3,8,10H2,1-2H3,(H,25,32)(H,24,26,28,29). The zero-order chi connectivity index (χ0) is 22.1. The Morgan fingerprint density at radius 2 is 2.03 bits per heavy atom. The van der Waals surface area contributed by atoms with Crippen LogP contribution in [-0.4, -0.2) is 43.7 Å². The van der Waals surface area contributed by atoms with Crippen molar-refractivity contribution in [1.82, 2.24) is 29.9 Å². The first-order valence-corrected chi connectivity index (χ1v) is 10.7. The quantitative estimate of drug-likeness (QED) is 0.499. The molecule has 4 aromatic heterocycles. The number of aromatic nitrogens is 5. The van der Waals surface area contributed by atoms with Gasteiger partial charge in [-0.1, -0.05) is 13.8 Å². The van der Waals surface area contributed by atoms with E-state index in [0.29, 0.717) is 30.8 Å². The van der Waals surface area contributed by atoms with E-state index in [2.05, 4.69) is 50.6 Å². The largest absolute Gasteiger partial charge is 0.338 e. The maximum absolute atomic E-state index is 12.0. The van der Waals surface area contributed by atoms with Crippen LogP contribution < -0.4 is 15.5 Å². The van der Waals surface area contributed by atoms with Crippen molar-refractivity contribution in [2.45, 2.75) is 26.2 Å². The van der Waals surface area contributed by atoms with Gasteiger partial charge in [0.15, 0.2) is 0 Å². The summed E-state index contributed by atoms with van der Waals surface area (Å²) >= 11 is 0. The van der Waals surface area contributed by atoms with Gasteiger partial charge in [-0.05, 0) is 42.7 Å². The number of hydrogen-bond donors (Lipinski definition) is 2. The molecule has 1 saturated heterocycles. The summed E-state index contributed by atoms with van der Waals surface area (Å²) in [5.41, 5.74) is 4.83. The first-order valence-electron chi connectivity index (χ1n) is 10.7. The molecular weight excluding hydrogens is 404 g/mol. The fourth-order valence-corrected chi connectivity index (χ4v) is 3.79. The molecule has 2 amide bonds. The number of carbonyl (C=O) groups excluding carboxylic acids is 1. The van der Waals surface area contributed by atoms with Crippen molar-refractivity contribution in [3.05, 3.63) is 60.7 Å². The highest BCUT2D eigenvalue weighted by Gasteiger charge is 2.19. The molecule has 0 unspecified atom stereocenters. The van der Waals surface area contributed by atoms with Gasteiger partial charge in [-0.3, -0.25) is 4.90 Å². The summed E-state index contributed by atoms with van der Waals surface area (Å²) in [4.78, 5) is 27.1. The lowest BCUT2D eigenvalue weighted by molar-refractivity contribution is 0.243. The van der Waals surface area contributed by atoms with Crippen molar-refractivity contribution in [2.24, 2.45) is 0 Å². The molecule has 1 aliphatic rings. The highest BCUT2D eigenvalue weighted by Crippen LogP contribution is 2.26. The van der Waals surface area contributed by atoms with Gasteiger partial charge in [0.2, 0.25) is 5.95 Å². The second-order valence-electron chi connectivity index (χ2n) is 8.03. The second kappa shape index (κ2) is 8.26. The second-order valence-corrected chi connectivity index (χ2v) is 8.03. The third kappa shape index (κ3) is 3.84. The molecule has 5 heterocycles. The van der Waals surface area contributed by atoms with E-state index in [1.165, 1.54) is 5.56 Å². The molecule has 0 bridgehead atoms. The minimum atomic E-state index is -0.0921. The zero-order valence-electron chi connectivity index (χ0n) is 18.0. The van der Waals surface area contributed by atoms with Crippen LogP contribution in [0, 0.1) is 0 Å². The number of urea groups is 1. The number of nitrogens with zero attached hydrogens (tertiary/aromatic N) is 6. The van der Waals surface area contributed by atoms with E-state index in [9.17, 15) is 4.79 Å². The molecule has 0 atom stereocenters. The Bertz CT molecular complexity index is 1260. The highest BCUT2D eigenvalue weighted by molar-refractivity contribution is 5.92. The van der Waals surface area contributed by atoms with Crippen LogP contribution in [0.2, 0.25) is 0 Å². The Kier molecular flexibility index (Phi) is 5.14. The van der Waals surface area contributed by atoms with Crippen LogP contribution in [0.25, 0.3) is 16.8 Å². The molecule has 9 heteroatoms. The number of fused-ring (bicyclic) bond motifs is 1. The Morgan fingerprint density at radius 1 is 1.12 bits per heavy atom. The SMILES string of the molecule is CC(C)c1cnn2ccc(-c3ccnc(Nc4ccc(N5CCCNC5=O)cn4)n3)cc12. The van der Waals surface area contributed by atoms with Crippen molar-refractivity contribution < 1.29 is 4.79 Å². The Hall–Kier alpha value is -4.01. The maximum Gasteiger partial charge on any atom is 0.321 e. The third-order valence-electron chi connectivity index (χ3n) is 5.50. The monoisotopic (exact) mass is 428 g/mol. The Labute approximate surface area is 185 Å². The molecule has 5 rings (SSSR count). The summed E-state index contributed by atoms with van der Waals surface area (Å²) in [5, 5.41) is 10.4. The lowest BCUT2D eigenvalue weighted by atomic mass is 10.0. The molecular formula is C23H24N8O. The summed E-state index contributed by atoms with van der Waals surface area (Å²) in [6, 6.07) is 9.57. The van der Waals surface area contributed by atoms with E-state index >= 15 is 0 Å². The predicted molar refractivity (Wildman–Crippen MR) is 123 cm³/mol. The van der Waals surface area contributed by atoms with E-state index in [-0.39, 0.29) is 6.03 Å². The van der Waals surface area contributed by atoms with Crippen LogP contribution >= 0.6 is 0 Å². The molecule has 32 heavy (non-hydrogen) atoms. The first-order chi connectivity index (χ1) is 15.6. The fraction of sp³-hybridized carbons (Fsp3) is 0.261. The molecule has 1 fully saturated rings. The van der Waals surface area contributed by atoms with Gasteiger partial charge in [0.05, 0.1) is 29.3 Å². The molecule has 162 valence electrons. The summed E-state index contributed by atoms with van der Waals surface area (Å²) in [6.07, 6.45) is 8.18. The average molecular weight is 429 g/mol. The number of pyridine rings is 2. The molecule has 4 aromatic rings. The molecule has 2 N–H and O–H groups in total. The first kappa shape index (κ1) is 19.9. The van der Waals surface area contributed by atoms with E-state index in [1.54, 1.807) is 17.3 Å². The van der Waals surface area contributed by atoms with Crippen molar-refractivity contribution in [3.8, 4) is 11.3 Å². The van der Waals surface area contributed by atoms with Crippen LogP contribution in [0.4, 0.5) is 22.2 Å². The number of hydrogen-bond acceptors (Lipinski definition) is 6. The molecule has 0 aromatic carbocycles.